The molecule has 0 radical (unpaired) electrons. The summed E-state index contributed by atoms with van der Waals surface area (Å²) in [6, 6.07) is 0. The smallest absolute Gasteiger partial charge is 0.0241 e. The van der Waals surface area contributed by atoms with Crippen LogP contribution in [0.5, 0.6) is 0 Å². The molecule has 2 fully saturated rings. The van der Waals surface area contributed by atoms with Gasteiger partial charge in [0.25, 0.3) is 0 Å². The van der Waals surface area contributed by atoms with Gasteiger partial charge < -0.3 is 0 Å². The van der Waals surface area contributed by atoms with Crippen molar-refractivity contribution in [3.8, 4) is 0 Å². The van der Waals surface area contributed by atoms with Crippen LogP contribution in [-0.4, -0.2) is 0 Å². The van der Waals surface area contributed by atoms with Gasteiger partial charge in [0.05, 0.1) is 0 Å². The van der Waals surface area contributed by atoms with Gasteiger partial charge in [-0.15, -0.1) is 0 Å². The van der Waals surface area contributed by atoms with Crippen molar-refractivity contribution in [2.75, 3.05) is 0 Å². The van der Waals surface area contributed by atoms with E-state index in [0.717, 1.165) is 17.3 Å². The molecule has 0 bridgehead atoms. The highest BCUT2D eigenvalue weighted by molar-refractivity contribution is 4.95. The van der Waals surface area contributed by atoms with Crippen molar-refractivity contribution < 1.29 is 0 Å². The van der Waals surface area contributed by atoms with Gasteiger partial charge in [0.1, 0.15) is 0 Å². The zero-order valence-corrected chi connectivity index (χ0v) is 18.5. The summed E-state index contributed by atoms with van der Waals surface area (Å²) in [6.45, 7) is 4.69. The zero-order valence-electron chi connectivity index (χ0n) is 18.5. The normalized spacial score (nSPS) is 19.6. The van der Waals surface area contributed by atoms with Crippen molar-refractivity contribution in [3.05, 3.63) is 0 Å². The Morgan fingerprint density at radius 3 is 1.27 bits per heavy atom. The zero-order chi connectivity index (χ0) is 18.5. The third kappa shape index (κ3) is 6.87. The molecule has 2 rings (SSSR count). The topological polar surface area (TPSA) is 0 Å². The van der Waals surface area contributed by atoms with Crippen LogP contribution in [-0.2, 0) is 0 Å². The largest absolute Gasteiger partial charge is 0.0654 e. The van der Waals surface area contributed by atoms with Crippen LogP contribution in [0.3, 0.4) is 0 Å². The summed E-state index contributed by atoms with van der Waals surface area (Å²) in [5.41, 5.74) is 0.754. The second-order valence-electron chi connectivity index (χ2n) is 9.88. The van der Waals surface area contributed by atoms with Gasteiger partial charge in [-0.1, -0.05) is 110 Å². The molecule has 0 nitrogen and oxygen atoms in total. The van der Waals surface area contributed by atoms with Crippen LogP contribution in [0.4, 0.5) is 0 Å². The molecule has 154 valence electrons. The Labute approximate surface area is 166 Å². The van der Waals surface area contributed by atoms with Crippen molar-refractivity contribution in [3.63, 3.8) is 0 Å². The Morgan fingerprint density at radius 1 is 0.500 bits per heavy atom. The van der Waals surface area contributed by atoms with Crippen LogP contribution in [0.1, 0.15) is 149 Å². The lowest BCUT2D eigenvalue weighted by Crippen LogP contribution is -2.36. The van der Waals surface area contributed by atoms with E-state index in [4.69, 9.17) is 0 Å². The number of hydrogen-bond donors (Lipinski definition) is 0. The van der Waals surface area contributed by atoms with Gasteiger partial charge >= 0.3 is 0 Å². The van der Waals surface area contributed by atoms with Crippen LogP contribution < -0.4 is 0 Å². The maximum Gasteiger partial charge on any atom is -0.0241 e. The Kier molecular flexibility index (Phi) is 11.3. The molecular formula is C26H50. The molecule has 0 aromatic carbocycles. The molecule has 2 saturated carbocycles. The van der Waals surface area contributed by atoms with Gasteiger partial charge in [0.15, 0.2) is 0 Å². The van der Waals surface area contributed by atoms with Crippen molar-refractivity contribution >= 4 is 0 Å². The first kappa shape index (κ1) is 22.3. The minimum atomic E-state index is 0.754. The van der Waals surface area contributed by atoms with Crippen molar-refractivity contribution in [2.24, 2.45) is 17.3 Å². The highest BCUT2D eigenvalue weighted by atomic mass is 14.5. The van der Waals surface area contributed by atoms with E-state index in [9.17, 15) is 0 Å². The minimum absolute atomic E-state index is 0.754. The average molecular weight is 363 g/mol. The molecule has 0 aromatic heterocycles. The average Bonchev–Trinajstić information content (AvgIpc) is 3.37. The van der Waals surface area contributed by atoms with Gasteiger partial charge in [-0.3, -0.25) is 0 Å². The van der Waals surface area contributed by atoms with Gasteiger partial charge in [-0.2, -0.15) is 0 Å². The third-order valence-electron chi connectivity index (χ3n) is 8.08. The quantitative estimate of drug-likeness (QED) is 0.254. The van der Waals surface area contributed by atoms with Crippen LogP contribution in [0.15, 0.2) is 0 Å². The Hall–Kier alpha value is 0. The maximum atomic E-state index is 2.36. The fourth-order valence-corrected chi connectivity index (χ4v) is 6.57. The summed E-state index contributed by atoms with van der Waals surface area (Å²) < 4.78 is 0. The molecule has 0 amide bonds. The molecule has 0 unspecified atom stereocenters. The second-order valence-corrected chi connectivity index (χ2v) is 9.88. The first-order valence-electron chi connectivity index (χ1n) is 12.8. The molecule has 0 aromatic rings. The maximum absolute atomic E-state index is 2.36. The Balaban J connectivity index is 1.90. The van der Waals surface area contributed by atoms with Crippen LogP contribution in [0, 0.1) is 17.3 Å². The van der Waals surface area contributed by atoms with E-state index in [1.165, 1.54) is 96.3 Å². The molecule has 0 spiro atoms. The van der Waals surface area contributed by atoms with Gasteiger partial charge in [-0.05, 0) is 55.8 Å². The summed E-state index contributed by atoms with van der Waals surface area (Å²) in [7, 11) is 0. The van der Waals surface area contributed by atoms with Gasteiger partial charge in [0, 0.05) is 0 Å². The van der Waals surface area contributed by atoms with E-state index >= 15 is 0 Å². The molecule has 0 heterocycles. The number of hydrogen-bond acceptors (Lipinski definition) is 0. The van der Waals surface area contributed by atoms with E-state index < -0.39 is 0 Å². The predicted octanol–water partition coefficient (Wildman–Crippen LogP) is 9.46. The number of unbranched alkanes of at least 4 members (excludes halogenated alkanes) is 9. The summed E-state index contributed by atoms with van der Waals surface area (Å²) in [6.07, 6.45) is 31.8. The highest BCUT2D eigenvalue weighted by Gasteiger charge is 2.45. The molecule has 0 saturated heterocycles. The lowest BCUT2D eigenvalue weighted by molar-refractivity contribution is 0.0447. The molecule has 0 atom stereocenters. The lowest BCUT2D eigenvalue weighted by Gasteiger charge is -2.45. The molecule has 2 aliphatic rings. The fourth-order valence-electron chi connectivity index (χ4n) is 6.57. The number of rotatable bonds is 15. The van der Waals surface area contributed by atoms with Gasteiger partial charge in [0.2, 0.25) is 0 Å². The highest BCUT2D eigenvalue weighted by Crippen LogP contribution is 2.56. The third-order valence-corrected chi connectivity index (χ3v) is 8.08. The molecule has 0 N–H and O–H groups in total. The Bertz CT molecular complexity index is 303. The second kappa shape index (κ2) is 13.2. The first-order valence-corrected chi connectivity index (χ1v) is 12.8. The summed E-state index contributed by atoms with van der Waals surface area (Å²) in [5, 5.41) is 0. The first-order chi connectivity index (χ1) is 12.8. The SMILES string of the molecule is CCCCCCCCCC(CCCCCC)(C1CCCC1)C1CCCC1. The van der Waals surface area contributed by atoms with E-state index in [-0.39, 0.29) is 0 Å². The van der Waals surface area contributed by atoms with E-state index in [0.29, 0.717) is 0 Å². The van der Waals surface area contributed by atoms with Gasteiger partial charge in [-0.25, -0.2) is 0 Å². The summed E-state index contributed by atoms with van der Waals surface area (Å²) in [4.78, 5) is 0. The molecular weight excluding hydrogens is 312 g/mol. The molecule has 0 heteroatoms. The van der Waals surface area contributed by atoms with E-state index in [1.807, 2.05) is 0 Å². The summed E-state index contributed by atoms with van der Waals surface area (Å²) in [5.74, 6) is 2.18. The molecule has 26 heavy (non-hydrogen) atoms. The van der Waals surface area contributed by atoms with Crippen molar-refractivity contribution in [1.82, 2.24) is 0 Å². The predicted molar refractivity (Wildman–Crippen MR) is 118 cm³/mol. The minimum Gasteiger partial charge on any atom is -0.0654 e. The monoisotopic (exact) mass is 362 g/mol. The van der Waals surface area contributed by atoms with Crippen molar-refractivity contribution in [2.45, 2.75) is 149 Å². The van der Waals surface area contributed by atoms with E-state index in [2.05, 4.69) is 13.8 Å². The van der Waals surface area contributed by atoms with Crippen LogP contribution in [0.2, 0.25) is 0 Å². The van der Waals surface area contributed by atoms with Crippen molar-refractivity contribution in [1.29, 1.82) is 0 Å². The standard InChI is InChI=1S/C26H50/c1-3-5-7-9-10-11-17-23-26(22-16-8-6-4-2,24-18-12-13-19-24)25-20-14-15-21-25/h24-25H,3-23H2,1-2H3. The van der Waals surface area contributed by atoms with Crippen LogP contribution in [0.25, 0.3) is 0 Å². The fraction of sp³-hybridized carbons (Fsp3) is 1.00. The molecule has 0 aliphatic heterocycles. The molecule has 2 aliphatic carbocycles. The summed E-state index contributed by atoms with van der Waals surface area (Å²) >= 11 is 0. The lowest BCUT2D eigenvalue weighted by atomic mass is 9.60. The van der Waals surface area contributed by atoms with E-state index in [1.54, 1.807) is 38.5 Å². The van der Waals surface area contributed by atoms with Crippen LogP contribution >= 0.6 is 0 Å². The Morgan fingerprint density at radius 2 is 0.846 bits per heavy atom.